The number of aromatic carboxylic acids is 1. The van der Waals surface area contributed by atoms with Crippen LogP contribution in [0.5, 0.6) is 0 Å². The van der Waals surface area contributed by atoms with Crippen LogP contribution in [0.1, 0.15) is 34.6 Å². The van der Waals surface area contributed by atoms with Gasteiger partial charge in [0.1, 0.15) is 0 Å². The first kappa shape index (κ1) is 20.3. The molecule has 0 aliphatic rings. The number of hydrogen-bond acceptors (Lipinski definition) is 7. The van der Waals surface area contributed by atoms with Crippen molar-refractivity contribution in [2.24, 2.45) is 0 Å². The van der Waals surface area contributed by atoms with Crippen molar-refractivity contribution in [2.45, 2.75) is 13.8 Å². The van der Waals surface area contributed by atoms with Crippen molar-refractivity contribution in [1.29, 1.82) is 0 Å². The molecular formula is C15H16N2O6S2. The molecule has 0 atom stereocenters. The van der Waals surface area contributed by atoms with Crippen molar-refractivity contribution >= 4 is 57.8 Å². The van der Waals surface area contributed by atoms with Crippen LogP contribution in [0, 0.1) is 0 Å². The predicted molar refractivity (Wildman–Crippen MR) is 95.5 cm³/mol. The van der Waals surface area contributed by atoms with Gasteiger partial charge >= 0.3 is 11.9 Å². The maximum Gasteiger partial charge on any atom is 0.340 e. The lowest BCUT2D eigenvalue weighted by atomic mass is 10.3. The van der Waals surface area contributed by atoms with Crippen molar-refractivity contribution < 1.29 is 29.0 Å². The molecule has 8 nitrogen and oxygen atoms in total. The number of carboxylic acids is 1. The molecule has 0 bridgehead atoms. The van der Waals surface area contributed by atoms with E-state index in [1.165, 1.54) is 49.0 Å². The van der Waals surface area contributed by atoms with E-state index in [0.717, 1.165) is 0 Å². The van der Waals surface area contributed by atoms with E-state index >= 15 is 0 Å². The highest BCUT2D eigenvalue weighted by Gasteiger charge is 2.13. The van der Waals surface area contributed by atoms with Crippen LogP contribution >= 0.6 is 22.7 Å². The molecule has 0 aromatic carbocycles. The summed E-state index contributed by atoms with van der Waals surface area (Å²) in [6.07, 6.45) is 0. The summed E-state index contributed by atoms with van der Waals surface area (Å²) in [6.45, 7) is 2.72. The topological polar surface area (TPSA) is 122 Å². The molecule has 2 aromatic heterocycles. The largest absolute Gasteiger partial charge is 0.478 e. The van der Waals surface area contributed by atoms with Crippen LogP contribution in [-0.4, -0.2) is 36.0 Å². The summed E-state index contributed by atoms with van der Waals surface area (Å²) in [5.74, 6) is -1.94. The summed E-state index contributed by atoms with van der Waals surface area (Å²) in [5, 5.41) is 20.0. The predicted octanol–water partition coefficient (Wildman–Crippen LogP) is 2.90. The van der Waals surface area contributed by atoms with E-state index in [1.807, 2.05) is 0 Å². The van der Waals surface area contributed by atoms with Gasteiger partial charge in [-0.3, -0.25) is 9.59 Å². The van der Waals surface area contributed by atoms with Crippen molar-refractivity contribution in [1.82, 2.24) is 0 Å². The van der Waals surface area contributed by atoms with Crippen molar-refractivity contribution in [3.8, 4) is 0 Å². The number of carbonyl (C=O) groups is 4. The summed E-state index contributed by atoms with van der Waals surface area (Å²) in [4.78, 5) is 42.9. The number of thiophene rings is 2. The molecule has 2 aromatic rings. The number of methoxy groups -OCH3 is 1. The number of hydrogen-bond donors (Lipinski definition) is 3. The number of amides is 2. The number of ether oxygens (including phenoxy) is 1. The lowest BCUT2D eigenvalue weighted by molar-refractivity contribution is -0.115. The molecule has 0 saturated carbocycles. The summed E-state index contributed by atoms with van der Waals surface area (Å²) in [5.41, 5.74) is 1.39. The van der Waals surface area contributed by atoms with Gasteiger partial charge in [-0.05, 0) is 0 Å². The minimum atomic E-state index is -1.03. The van der Waals surface area contributed by atoms with Gasteiger partial charge in [0.05, 0.1) is 29.6 Å². The van der Waals surface area contributed by atoms with Crippen molar-refractivity contribution in [2.75, 3.05) is 17.7 Å². The zero-order valence-corrected chi connectivity index (χ0v) is 15.2. The molecule has 0 fully saturated rings. The van der Waals surface area contributed by atoms with E-state index in [-0.39, 0.29) is 17.4 Å². The van der Waals surface area contributed by atoms with Gasteiger partial charge in [0.25, 0.3) is 0 Å². The third kappa shape index (κ3) is 6.36. The summed E-state index contributed by atoms with van der Waals surface area (Å²) >= 11 is 2.58. The Morgan fingerprint density at radius 2 is 1.32 bits per heavy atom. The molecule has 10 heteroatoms. The molecule has 134 valence electrons. The van der Waals surface area contributed by atoms with Crippen molar-refractivity contribution in [3.63, 3.8) is 0 Å². The number of nitrogens with one attached hydrogen (secondary N) is 2. The smallest absolute Gasteiger partial charge is 0.340 e. The van der Waals surface area contributed by atoms with E-state index in [2.05, 4.69) is 15.4 Å². The Labute approximate surface area is 151 Å². The second-order valence-corrected chi connectivity index (χ2v) is 6.04. The van der Waals surface area contributed by atoms with Crippen LogP contribution in [0.2, 0.25) is 0 Å². The van der Waals surface area contributed by atoms with Gasteiger partial charge in [0.2, 0.25) is 11.8 Å². The fourth-order valence-corrected chi connectivity index (χ4v) is 3.10. The molecule has 3 N–H and O–H groups in total. The van der Waals surface area contributed by atoms with Gasteiger partial charge in [0, 0.05) is 35.4 Å². The number of anilines is 2. The molecule has 2 amide bonds. The minimum absolute atomic E-state index is 0.134. The Morgan fingerprint density at radius 3 is 1.72 bits per heavy atom. The molecule has 0 unspecified atom stereocenters. The first-order valence-electron chi connectivity index (χ1n) is 6.75. The third-order valence-corrected chi connectivity index (χ3v) is 4.07. The Hall–Kier alpha value is -2.72. The highest BCUT2D eigenvalue weighted by molar-refractivity contribution is 7.09. The van der Waals surface area contributed by atoms with Crippen LogP contribution in [0.15, 0.2) is 21.5 Å². The fraction of sp³-hybridized carbons (Fsp3) is 0.200. The summed E-state index contributed by atoms with van der Waals surface area (Å²) in [6, 6.07) is 0. The normalized spacial score (nSPS) is 9.40. The minimum Gasteiger partial charge on any atom is -0.478 e. The standard InChI is InChI=1S/C8H9NO3S.C7H7NO3S/c1-5(10)9-7-4-13-3-6(7)8(11)12-2;1-4(9)8-6-3-12-2-5(6)7(10)11/h3-4H,1-2H3,(H,9,10);2-3H,1H3,(H,8,9)(H,10,11). The third-order valence-electron chi connectivity index (χ3n) is 2.58. The Morgan fingerprint density at radius 1 is 0.880 bits per heavy atom. The number of esters is 1. The maximum atomic E-state index is 11.1. The number of rotatable bonds is 4. The summed E-state index contributed by atoms with van der Waals surface area (Å²) in [7, 11) is 1.30. The number of carbonyl (C=O) groups excluding carboxylic acids is 3. The lowest BCUT2D eigenvalue weighted by Gasteiger charge is -2.01. The van der Waals surface area contributed by atoms with Crippen LogP contribution in [0.4, 0.5) is 11.4 Å². The average Bonchev–Trinajstić information content (AvgIpc) is 3.15. The molecule has 2 rings (SSSR count). The van der Waals surface area contributed by atoms with Gasteiger partial charge in [-0.1, -0.05) is 0 Å². The molecular weight excluding hydrogens is 368 g/mol. The molecule has 0 saturated heterocycles. The highest BCUT2D eigenvalue weighted by Crippen LogP contribution is 2.21. The first-order valence-corrected chi connectivity index (χ1v) is 8.64. The van der Waals surface area contributed by atoms with Crippen LogP contribution < -0.4 is 10.6 Å². The van der Waals surface area contributed by atoms with E-state index in [4.69, 9.17) is 5.11 Å². The SMILES string of the molecule is CC(=O)Nc1cscc1C(=O)O.COC(=O)c1cscc1NC(C)=O. The molecule has 25 heavy (non-hydrogen) atoms. The van der Waals surface area contributed by atoms with E-state index in [9.17, 15) is 19.2 Å². The highest BCUT2D eigenvalue weighted by atomic mass is 32.1. The molecule has 0 spiro atoms. The van der Waals surface area contributed by atoms with Gasteiger partial charge in [-0.15, -0.1) is 22.7 Å². The molecule has 0 radical (unpaired) electrons. The van der Waals surface area contributed by atoms with E-state index in [1.54, 1.807) is 16.1 Å². The maximum absolute atomic E-state index is 11.1. The molecule has 0 aliphatic carbocycles. The Balaban J connectivity index is 0.000000251. The Kier molecular flexibility index (Phi) is 7.76. The van der Waals surface area contributed by atoms with Crippen LogP contribution in [0.3, 0.4) is 0 Å². The molecule has 0 aliphatic heterocycles. The van der Waals surface area contributed by atoms with Crippen LogP contribution in [0.25, 0.3) is 0 Å². The fourth-order valence-electron chi connectivity index (χ4n) is 1.60. The van der Waals surface area contributed by atoms with Crippen LogP contribution in [-0.2, 0) is 14.3 Å². The molecule has 2 heterocycles. The van der Waals surface area contributed by atoms with Gasteiger partial charge in [-0.2, -0.15) is 0 Å². The van der Waals surface area contributed by atoms with E-state index < -0.39 is 11.9 Å². The van der Waals surface area contributed by atoms with E-state index in [0.29, 0.717) is 16.9 Å². The monoisotopic (exact) mass is 384 g/mol. The lowest BCUT2D eigenvalue weighted by Crippen LogP contribution is -2.09. The second-order valence-electron chi connectivity index (χ2n) is 4.56. The zero-order valence-electron chi connectivity index (χ0n) is 13.6. The quantitative estimate of drug-likeness (QED) is 0.697. The zero-order chi connectivity index (χ0) is 19.0. The summed E-state index contributed by atoms with van der Waals surface area (Å²) < 4.78 is 4.53. The van der Waals surface area contributed by atoms with Crippen molar-refractivity contribution in [3.05, 3.63) is 32.6 Å². The van der Waals surface area contributed by atoms with Gasteiger partial charge in [-0.25, -0.2) is 9.59 Å². The Bertz CT molecular complexity index is 781. The van der Waals surface area contributed by atoms with Gasteiger partial charge in [0.15, 0.2) is 0 Å². The number of carboxylic acid groups (broad SMARTS) is 1. The first-order chi connectivity index (χ1) is 11.8. The second kappa shape index (κ2) is 9.55. The van der Waals surface area contributed by atoms with Gasteiger partial charge < -0.3 is 20.5 Å². The average molecular weight is 384 g/mol.